The standard InChI is InChI=1S/C12H14N4O2/c1-8-3-4-9(5-13-8)6-14-11-10(18-2)12(17)16-7-15-11/h3-5,7H,6H2,1-2H3,(H2,14,15,16,17). The number of hydrogen-bond donors (Lipinski definition) is 2. The first-order valence-corrected chi connectivity index (χ1v) is 5.48. The fourth-order valence-corrected chi connectivity index (χ4v) is 1.49. The Morgan fingerprint density at radius 2 is 2.22 bits per heavy atom. The van der Waals surface area contributed by atoms with E-state index < -0.39 is 0 Å². The smallest absolute Gasteiger partial charge is 0.295 e. The summed E-state index contributed by atoms with van der Waals surface area (Å²) in [7, 11) is 1.44. The van der Waals surface area contributed by atoms with Crippen LogP contribution in [0.5, 0.6) is 5.75 Å². The minimum atomic E-state index is -0.308. The van der Waals surface area contributed by atoms with Gasteiger partial charge in [0.25, 0.3) is 5.56 Å². The van der Waals surface area contributed by atoms with Crippen molar-refractivity contribution in [1.82, 2.24) is 15.0 Å². The third-order valence-electron chi connectivity index (χ3n) is 2.45. The number of nitrogens with one attached hydrogen (secondary N) is 2. The number of aromatic nitrogens is 3. The third-order valence-corrected chi connectivity index (χ3v) is 2.45. The van der Waals surface area contributed by atoms with Crippen LogP contribution in [0.25, 0.3) is 0 Å². The van der Waals surface area contributed by atoms with Crippen molar-refractivity contribution in [3.63, 3.8) is 0 Å². The molecule has 0 spiro atoms. The van der Waals surface area contributed by atoms with Crippen LogP contribution in [0.3, 0.4) is 0 Å². The highest BCUT2D eigenvalue weighted by Crippen LogP contribution is 2.15. The molecular weight excluding hydrogens is 232 g/mol. The maximum absolute atomic E-state index is 11.5. The molecule has 0 aromatic carbocycles. The molecule has 0 radical (unpaired) electrons. The average Bonchev–Trinajstić information content (AvgIpc) is 2.38. The van der Waals surface area contributed by atoms with E-state index in [1.807, 2.05) is 19.1 Å². The lowest BCUT2D eigenvalue weighted by Gasteiger charge is -2.08. The number of rotatable bonds is 4. The van der Waals surface area contributed by atoms with Gasteiger partial charge in [0.1, 0.15) is 0 Å². The van der Waals surface area contributed by atoms with Gasteiger partial charge in [-0.25, -0.2) is 4.98 Å². The molecule has 0 bridgehead atoms. The van der Waals surface area contributed by atoms with E-state index in [1.54, 1.807) is 6.20 Å². The Balaban J connectivity index is 2.13. The van der Waals surface area contributed by atoms with Crippen LogP contribution >= 0.6 is 0 Å². The average molecular weight is 246 g/mol. The fourth-order valence-electron chi connectivity index (χ4n) is 1.49. The van der Waals surface area contributed by atoms with Crippen molar-refractivity contribution in [2.24, 2.45) is 0 Å². The molecule has 0 aliphatic carbocycles. The van der Waals surface area contributed by atoms with Gasteiger partial charge >= 0.3 is 0 Å². The van der Waals surface area contributed by atoms with E-state index in [-0.39, 0.29) is 11.3 Å². The van der Waals surface area contributed by atoms with Gasteiger partial charge in [0.15, 0.2) is 5.82 Å². The van der Waals surface area contributed by atoms with Crippen LogP contribution in [-0.4, -0.2) is 22.1 Å². The number of hydrogen-bond acceptors (Lipinski definition) is 5. The van der Waals surface area contributed by atoms with Crippen LogP contribution in [0, 0.1) is 6.92 Å². The number of aryl methyl sites for hydroxylation is 1. The minimum Gasteiger partial charge on any atom is -0.489 e. The lowest BCUT2D eigenvalue weighted by molar-refractivity contribution is 0.408. The zero-order valence-electron chi connectivity index (χ0n) is 10.2. The van der Waals surface area contributed by atoms with Crippen LogP contribution in [-0.2, 0) is 6.54 Å². The van der Waals surface area contributed by atoms with Crippen LogP contribution < -0.4 is 15.6 Å². The summed E-state index contributed by atoms with van der Waals surface area (Å²) in [5, 5.41) is 3.04. The van der Waals surface area contributed by atoms with Crippen molar-refractivity contribution in [3.8, 4) is 5.75 Å². The molecule has 2 aromatic rings. The quantitative estimate of drug-likeness (QED) is 0.844. The molecule has 0 aliphatic rings. The Morgan fingerprint density at radius 1 is 1.39 bits per heavy atom. The largest absolute Gasteiger partial charge is 0.489 e. The zero-order chi connectivity index (χ0) is 13.0. The highest BCUT2D eigenvalue weighted by atomic mass is 16.5. The monoisotopic (exact) mass is 246 g/mol. The second-order valence-corrected chi connectivity index (χ2v) is 3.77. The summed E-state index contributed by atoms with van der Waals surface area (Å²) in [6.07, 6.45) is 3.11. The minimum absolute atomic E-state index is 0.178. The highest BCUT2D eigenvalue weighted by Gasteiger charge is 2.07. The number of nitrogens with zero attached hydrogens (tertiary/aromatic N) is 2. The van der Waals surface area contributed by atoms with Crippen molar-refractivity contribution < 1.29 is 4.74 Å². The first-order valence-electron chi connectivity index (χ1n) is 5.48. The summed E-state index contributed by atoms with van der Waals surface area (Å²) in [6, 6.07) is 3.90. The number of pyridine rings is 1. The lowest BCUT2D eigenvalue weighted by atomic mass is 10.2. The molecule has 18 heavy (non-hydrogen) atoms. The van der Waals surface area contributed by atoms with Crippen molar-refractivity contribution in [2.45, 2.75) is 13.5 Å². The van der Waals surface area contributed by atoms with E-state index in [9.17, 15) is 4.79 Å². The molecule has 0 saturated heterocycles. The van der Waals surface area contributed by atoms with Gasteiger partial charge in [0.2, 0.25) is 5.75 Å². The Kier molecular flexibility index (Phi) is 3.57. The van der Waals surface area contributed by atoms with Gasteiger partial charge in [-0.1, -0.05) is 6.07 Å². The van der Waals surface area contributed by atoms with Gasteiger partial charge in [-0.15, -0.1) is 0 Å². The van der Waals surface area contributed by atoms with Crippen molar-refractivity contribution in [3.05, 3.63) is 46.3 Å². The Labute approximate surface area is 104 Å². The molecule has 94 valence electrons. The molecule has 6 nitrogen and oxygen atoms in total. The molecular formula is C12H14N4O2. The Bertz CT molecular complexity index is 577. The van der Waals surface area contributed by atoms with Gasteiger partial charge in [-0.2, -0.15) is 0 Å². The number of aromatic amines is 1. The van der Waals surface area contributed by atoms with Gasteiger partial charge < -0.3 is 15.0 Å². The molecule has 0 fully saturated rings. The van der Waals surface area contributed by atoms with Crippen LogP contribution in [0.2, 0.25) is 0 Å². The third kappa shape index (κ3) is 2.65. The predicted molar refractivity (Wildman–Crippen MR) is 67.7 cm³/mol. The summed E-state index contributed by atoms with van der Waals surface area (Å²) < 4.78 is 5.00. The van der Waals surface area contributed by atoms with E-state index in [4.69, 9.17) is 4.74 Å². The summed E-state index contributed by atoms with van der Waals surface area (Å²) in [5.74, 6) is 0.597. The van der Waals surface area contributed by atoms with Crippen molar-refractivity contribution >= 4 is 5.82 Å². The fraction of sp³-hybridized carbons (Fsp3) is 0.250. The van der Waals surface area contributed by atoms with Gasteiger partial charge in [-0.05, 0) is 18.6 Å². The normalized spacial score (nSPS) is 10.1. The molecule has 2 aromatic heterocycles. The van der Waals surface area contributed by atoms with Crippen LogP contribution in [0.15, 0.2) is 29.5 Å². The highest BCUT2D eigenvalue weighted by molar-refractivity contribution is 5.48. The Hall–Kier alpha value is -2.37. The summed E-state index contributed by atoms with van der Waals surface area (Å²) in [6.45, 7) is 2.46. The molecule has 0 aliphatic heterocycles. The molecule has 2 rings (SSSR count). The van der Waals surface area contributed by atoms with E-state index in [1.165, 1.54) is 13.4 Å². The first kappa shape index (κ1) is 12.1. The summed E-state index contributed by atoms with van der Waals surface area (Å²) >= 11 is 0. The van der Waals surface area contributed by atoms with E-state index >= 15 is 0 Å². The SMILES string of the molecule is COc1c(NCc2ccc(C)nc2)nc[nH]c1=O. The van der Waals surface area contributed by atoms with E-state index in [0.717, 1.165) is 11.3 Å². The maximum Gasteiger partial charge on any atom is 0.295 e. The maximum atomic E-state index is 11.5. The van der Waals surface area contributed by atoms with Gasteiger partial charge in [0, 0.05) is 18.4 Å². The number of H-pyrrole nitrogens is 1. The second kappa shape index (κ2) is 5.31. The van der Waals surface area contributed by atoms with E-state index in [2.05, 4.69) is 20.3 Å². The number of methoxy groups -OCH3 is 1. The molecule has 0 atom stereocenters. The molecule has 0 saturated carbocycles. The zero-order valence-corrected chi connectivity index (χ0v) is 10.2. The van der Waals surface area contributed by atoms with Crippen molar-refractivity contribution in [1.29, 1.82) is 0 Å². The number of anilines is 1. The molecule has 0 amide bonds. The Morgan fingerprint density at radius 3 is 2.89 bits per heavy atom. The molecule has 6 heteroatoms. The van der Waals surface area contributed by atoms with Gasteiger partial charge in [0.05, 0.1) is 13.4 Å². The lowest BCUT2D eigenvalue weighted by Crippen LogP contribution is -2.14. The number of ether oxygens (including phenoxy) is 1. The molecule has 2 N–H and O–H groups in total. The predicted octanol–water partition coefficient (Wildman–Crippen LogP) is 1.09. The molecule has 2 heterocycles. The first-order chi connectivity index (χ1) is 8.70. The van der Waals surface area contributed by atoms with E-state index in [0.29, 0.717) is 12.4 Å². The van der Waals surface area contributed by atoms with Crippen LogP contribution in [0.1, 0.15) is 11.3 Å². The second-order valence-electron chi connectivity index (χ2n) is 3.77. The van der Waals surface area contributed by atoms with Gasteiger partial charge in [-0.3, -0.25) is 9.78 Å². The molecule has 0 unspecified atom stereocenters. The van der Waals surface area contributed by atoms with Crippen molar-refractivity contribution in [2.75, 3.05) is 12.4 Å². The summed E-state index contributed by atoms with van der Waals surface area (Å²) in [5.41, 5.74) is 1.66. The topological polar surface area (TPSA) is 79.9 Å². The summed E-state index contributed by atoms with van der Waals surface area (Å²) in [4.78, 5) is 22.1. The van der Waals surface area contributed by atoms with Crippen LogP contribution in [0.4, 0.5) is 5.82 Å².